The number of methoxy groups -OCH3 is 1. The molecule has 0 saturated carbocycles. The summed E-state index contributed by atoms with van der Waals surface area (Å²) in [5.74, 6) is 0.230. The molecule has 1 aliphatic carbocycles. The van der Waals surface area contributed by atoms with Crippen LogP contribution in [-0.2, 0) is 9.53 Å². The fourth-order valence-corrected chi connectivity index (χ4v) is 2.92. The molecule has 3 atom stereocenters. The van der Waals surface area contributed by atoms with E-state index in [0.717, 1.165) is 12.8 Å². The minimum absolute atomic E-state index is 0.0426. The van der Waals surface area contributed by atoms with Gasteiger partial charge in [-0.1, -0.05) is 38.1 Å². The molecule has 1 aliphatic rings. The molecule has 3 N–H and O–H groups in total. The minimum Gasteiger partial charge on any atom is -0.468 e. The van der Waals surface area contributed by atoms with Crippen LogP contribution in [0.15, 0.2) is 24.3 Å². The summed E-state index contributed by atoms with van der Waals surface area (Å²) < 4.78 is 4.91. The first kappa shape index (κ1) is 15.0. The topological polar surface area (TPSA) is 64.3 Å². The van der Waals surface area contributed by atoms with Crippen LogP contribution in [-0.4, -0.2) is 19.1 Å². The third kappa shape index (κ3) is 3.19. The van der Waals surface area contributed by atoms with Crippen LogP contribution in [0.4, 0.5) is 0 Å². The molecule has 0 bridgehead atoms. The Morgan fingerprint density at radius 2 is 2.05 bits per heavy atom. The smallest absolute Gasteiger partial charge is 0.322 e. The van der Waals surface area contributed by atoms with Crippen LogP contribution in [0.3, 0.4) is 0 Å². The number of benzene rings is 1. The Kier molecular flexibility index (Phi) is 4.78. The van der Waals surface area contributed by atoms with Crippen LogP contribution in [0.1, 0.15) is 49.9 Å². The molecule has 0 fully saturated rings. The average molecular weight is 276 g/mol. The summed E-state index contributed by atoms with van der Waals surface area (Å²) in [5, 5.41) is 3.43. The Labute approximate surface area is 120 Å². The maximum Gasteiger partial charge on any atom is 0.322 e. The van der Waals surface area contributed by atoms with Crippen molar-refractivity contribution in [3.05, 3.63) is 35.4 Å². The standard InChI is InChI=1S/C16H24N2O2/c1-10(2)8-15(16(19)20-3)18-14-9-13(17)11-6-4-5-7-12(11)14/h4-7,10,13-15,18H,8-9,17H2,1-3H3. The maximum atomic E-state index is 11.9. The van der Waals surface area contributed by atoms with E-state index in [4.69, 9.17) is 10.5 Å². The van der Waals surface area contributed by atoms with Crippen molar-refractivity contribution in [2.75, 3.05) is 7.11 Å². The molecule has 0 aromatic heterocycles. The minimum atomic E-state index is -0.275. The van der Waals surface area contributed by atoms with E-state index in [-0.39, 0.29) is 24.1 Å². The van der Waals surface area contributed by atoms with Crippen molar-refractivity contribution < 1.29 is 9.53 Å². The molecule has 0 saturated heterocycles. The number of carbonyl (C=O) groups excluding carboxylic acids is 1. The number of hydrogen-bond donors (Lipinski definition) is 2. The van der Waals surface area contributed by atoms with Gasteiger partial charge in [0.05, 0.1) is 7.11 Å². The van der Waals surface area contributed by atoms with Crippen molar-refractivity contribution >= 4 is 5.97 Å². The van der Waals surface area contributed by atoms with E-state index >= 15 is 0 Å². The van der Waals surface area contributed by atoms with Gasteiger partial charge in [-0.2, -0.15) is 0 Å². The molecule has 110 valence electrons. The number of nitrogens with two attached hydrogens (primary N) is 1. The van der Waals surface area contributed by atoms with Gasteiger partial charge >= 0.3 is 5.97 Å². The lowest BCUT2D eigenvalue weighted by molar-refractivity contribution is -0.143. The molecular weight excluding hydrogens is 252 g/mol. The second-order valence-electron chi connectivity index (χ2n) is 5.90. The normalized spacial score (nSPS) is 22.6. The van der Waals surface area contributed by atoms with E-state index in [2.05, 4.69) is 31.3 Å². The lowest BCUT2D eigenvalue weighted by atomic mass is 10.0. The number of ether oxygens (including phenoxy) is 1. The molecule has 0 spiro atoms. The van der Waals surface area contributed by atoms with Gasteiger partial charge in [0.2, 0.25) is 0 Å². The molecular formula is C16H24N2O2. The van der Waals surface area contributed by atoms with Gasteiger partial charge in [-0.15, -0.1) is 0 Å². The summed E-state index contributed by atoms with van der Waals surface area (Å²) in [7, 11) is 1.44. The Hall–Kier alpha value is -1.39. The van der Waals surface area contributed by atoms with Crippen LogP contribution >= 0.6 is 0 Å². The van der Waals surface area contributed by atoms with Crippen LogP contribution in [0.2, 0.25) is 0 Å². The number of fused-ring (bicyclic) bond motifs is 1. The highest BCUT2D eigenvalue weighted by Gasteiger charge is 2.32. The van der Waals surface area contributed by atoms with Gasteiger partial charge in [-0.3, -0.25) is 10.1 Å². The second-order valence-corrected chi connectivity index (χ2v) is 5.90. The highest BCUT2D eigenvalue weighted by Crippen LogP contribution is 2.37. The van der Waals surface area contributed by atoms with Crippen LogP contribution in [0.25, 0.3) is 0 Å². The first-order valence-electron chi connectivity index (χ1n) is 7.21. The molecule has 0 heterocycles. The summed E-state index contributed by atoms with van der Waals surface area (Å²) in [6.45, 7) is 4.21. The largest absolute Gasteiger partial charge is 0.468 e. The van der Waals surface area contributed by atoms with Crippen molar-refractivity contribution in [3.8, 4) is 0 Å². The van der Waals surface area contributed by atoms with Gasteiger partial charge in [0.1, 0.15) is 6.04 Å². The summed E-state index contributed by atoms with van der Waals surface area (Å²) in [6.07, 6.45) is 1.59. The predicted octanol–water partition coefficient (Wildman–Crippen LogP) is 2.31. The van der Waals surface area contributed by atoms with Crippen LogP contribution < -0.4 is 11.1 Å². The monoisotopic (exact) mass is 276 g/mol. The zero-order valence-electron chi connectivity index (χ0n) is 12.4. The second kappa shape index (κ2) is 6.37. The molecule has 0 aliphatic heterocycles. The number of carbonyl (C=O) groups is 1. The maximum absolute atomic E-state index is 11.9. The summed E-state index contributed by atoms with van der Waals surface area (Å²) >= 11 is 0. The first-order chi connectivity index (χ1) is 9.52. The predicted molar refractivity (Wildman–Crippen MR) is 79.1 cm³/mol. The molecule has 0 radical (unpaired) electrons. The molecule has 20 heavy (non-hydrogen) atoms. The molecule has 3 unspecified atom stereocenters. The third-order valence-corrected chi connectivity index (χ3v) is 3.86. The number of esters is 1. The van der Waals surface area contributed by atoms with E-state index in [9.17, 15) is 4.79 Å². The lowest BCUT2D eigenvalue weighted by Crippen LogP contribution is -2.40. The quantitative estimate of drug-likeness (QED) is 0.810. The van der Waals surface area contributed by atoms with Gasteiger partial charge in [-0.25, -0.2) is 0 Å². The number of hydrogen-bond acceptors (Lipinski definition) is 4. The molecule has 4 heteroatoms. The van der Waals surface area contributed by atoms with Gasteiger partial charge in [0.25, 0.3) is 0 Å². The van der Waals surface area contributed by atoms with Crippen LogP contribution in [0.5, 0.6) is 0 Å². The van der Waals surface area contributed by atoms with E-state index in [0.29, 0.717) is 5.92 Å². The zero-order chi connectivity index (χ0) is 14.7. The van der Waals surface area contributed by atoms with Gasteiger partial charge in [-0.05, 0) is 29.9 Å². The first-order valence-corrected chi connectivity index (χ1v) is 7.21. The summed E-state index contributed by atoms with van der Waals surface area (Å²) in [4.78, 5) is 11.9. The summed E-state index contributed by atoms with van der Waals surface area (Å²) in [6, 6.07) is 8.07. The van der Waals surface area contributed by atoms with Gasteiger partial charge in [0, 0.05) is 12.1 Å². The zero-order valence-corrected chi connectivity index (χ0v) is 12.4. The molecule has 0 amide bonds. The van der Waals surface area contributed by atoms with E-state index < -0.39 is 0 Å². The van der Waals surface area contributed by atoms with Crippen LogP contribution in [0, 0.1) is 5.92 Å². The van der Waals surface area contributed by atoms with Crippen molar-refractivity contribution in [1.82, 2.24) is 5.32 Å². The van der Waals surface area contributed by atoms with E-state index in [1.807, 2.05) is 12.1 Å². The summed E-state index contributed by atoms with van der Waals surface area (Å²) in [5.41, 5.74) is 8.55. The molecule has 1 aromatic rings. The van der Waals surface area contributed by atoms with E-state index in [1.54, 1.807) is 0 Å². The lowest BCUT2D eigenvalue weighted by Gasteiger charge is -2.23. The van der Waals surface area contributed by atoms with Gasteiger partial charge in [0.15, 0.2) is 0 Å². The average Bonchev–Trinajstić information content (AvgIpc) is 2.74. The van der Waals surface area contributed by atoms with E-state index in [1.165, 1.54) is 18.2 Å². The Balaban J connectivity index is 2.14. The number of nitrogens with one attached hydrogen (secondary N) is 1. The highest BCUT2D eigenvalue weighted by atomic mass is 16.5. The number of rotatable bonds is 5. The Morgan fingerprint density at radius 1 is 1.40 bits per heavy atom. The molecule has 1 aromatic carbocycles. The van der Waals surface area contributed by atoms with Crippen molar-refractivity contribution in [2.24, 2.45) is 11.7 Å². The molecule has 2 rings (SSSR count). The third-order valence-electron chi connectivity index (χ3n) is 3.86. The molecule has 4 nitrogen and oxygen atoms in total. The highest BCUT2D eigenvalue weighted by molar-refractivity contribution is 5.75. The fourth-order valence-electron chi connectivity index (χ4n) is 2.92. The Morgan fingerprint density at radius 3 is 2.65 bits per heavy atom. The SMILES string of the molecule is COC(=O)C(CC(C)C)NC1CC(N)c2ccccc21. The Bertz CT molecular complexity index is 473. The van der Waals surface area contributed by atoms with Crippen molar-refractivity contribution in [2.45, 2.75) is 44.8 Å². The van der Waals surface area contributed by atoms with Crippen molar-refractivity contribution in [3.63, 3.8) is 0 Å². The fraction of sp³-hybridized carbons (Fsp3) is 0.562. The van der Waals surface area contributed by atoms with Crippen molar-refractivity contribution in [1.29, 1.82) is 0 Å². The van der Waals surface area contributed by atoms with Gasteiger partial charge < -0.3 is 10.5 Å².